The number of urea groups is 1. The summed E-state index contributed by atoms with van der Waals surface area (Å²) in [5.41, 5.74) is 7.24. The summed E-state index contributed by atoms with van der Waals surface area (Å²) < 4.78 is 0. The molecule has 0 unspecified atom stereocenters. The van der Waals surface area contributed by atoms with Gasteiger partial charge in [-0.3, -0.25) is 9.59 Å². The molecule has 1 rings (SSSR count). The third-order valence-electron chi connectivity index (χ3n) is 4.31. The number of allylic oxidation sites excluding steroid dienone is 2. The van der Waals surface area contributed by atoms with Crippen LogP contribution in [0.5, 0.6) is 0 Å². The van der Waals surface area contributed by atoms with Gasteiger partial charge in [0.25, 0.3) is 0 Å². The van der Waals surface area contributed by atoms with E-state index in [1.165, 1.54) is 6.92 Å². The van der Waals surface area contributed by atoms with Crippen molar-refractivity contribution in [2.75, 3.05) is 0 Å². The number of ketones is 1. The quantitative estimate of drug-likeness (QED) is 0.614. The van der Waals surface area contributed by atoms with Crippen LogP contribution in [0.2, 0.25) is 0 Å². The highest BCUT2D eigenvalue weighted by atomic mass is 16.2. The fourth-order valence-electron chi connectivity index (χ4n) is 3.39. The molecule has 0 aromatic rings. The lowest BCUT2D eigenvalue weighted by Gasteiger charge is -2.39. The lowest BCUT2D eigenvalue weighted by atomic mass is 9.64. The zero-order valence-corrected chi connectivity index (χ0v) is 14.1. The molecule has 124 valence electrons. The standard InChI is InChI=1S/C16H27N3O3/c1-10-7-6-8-16(4,5)14(10)13(21)9-11(2)19(12(3)20)18-15(17)22/h6-7,10-11,14H,8-9H2,1-5H3,(H3,17,18,22)/t10-,11-,14+/m0/s1. The SMILES string of the molecule is CC(=O)N(NC(N)=O)[C@@H](C)CC(=O)[C@H]1[C@@H](C)C=CCC1(C)C. The van der Waals surface area contributed by atoms with E-state index in [0.29, 0.717) is 0 Å². The predicted molar refractivity (Wildman–Crippen MR) is 84.5 cm³/mol. The van der Waals surface area contributed by atoms with Crippen LogP contribution in [-0.4, -0.2) is 28.8 Å². The molecular weight excluding hydrogens is 282 g/mol. The number of nitrogens with one attached hydrogen (secondary N) is 1. The van der Waals surface area contributed by atoms with E-state index >= 15 is 0 Å². The summed E-state index contributed by atoms with van der Waals surface area (Å²) in [5.74, 6) is -0.178. The molecular formula is C16H27N3O3. The summed E-state index contributed by atoms with van der Waals surface area (Å²) in [5, 5.41) is 1.12. The maximum Gasteiger partial charge on any atom is 0.331 e. The van der Waals surface area contributed by atoms with Crippen molar-refractivity contribution in [1.82, 2.24) is 10.4 Å². The van der Waals surface area contributed by atoms with Gasteiger partial charge in [0.15, 0.2) is 0 Å². The first-order valence-corrected chi connectivity index (χ1v) is 7.61. The highest BCUT2D eigenvalue weighted by molar-refractivity contribution is 5.84. The van der Waals surface area contributed by atoms with Crippen molar-refractivity contribution in [2.45, 2.75) is 53.5 Å². The van der Waals surface area contributed by atoms with Crippen molar-refractivity contribution < 1.29 is 14.4 Å². The minimum Gasteiger partial charge on any atom is -0.350 e. The summed E-state index contributed by atoms with van der Waals surface area (Å²) >= 11 is 0. The van der Waals surface area contributed by atoms with Gasteiger partial charge in [0.2, 0.25) is 5.91 Å². The predicted octanol–water partition coefficient (Wildman–Crippen LogP) is 2.00. The van der Waals surface area contributed by atoms with Crippen LogP contribution in [0.15, 0.2) is 12.2 Å². The number of primary amides is 1. The summed E-state index contributed by atoms with van der Waals surface area (Å²) in [6.07, 6.45) is 5.24. The van der Waals surface area contributed by atoms with Crippen molar-refractivity contribution in [1.29, 1.82) is 0 Å². The summed E-state index contributed by atoms with van der Waals surface area (Å²) in [6.45, 7) is 9.27. The smallest absolute Gasteiger partial charge is 0.331 e. The van der Waals surface area contributed by atoms with Gasteiger partial charge in [-0.25, -0.2) is 15.2 Å². The zero-order chi connectivity index (χ0) is 17.1. The number of nitrogens with two attached hydrogens (primary N) is 1. The number of hydrogen-bond acceptors (Lipinski definition) is 3. The molecule has 0 spiro atoms. The van der Waals surface area contributed by atoms with Crippen LogP contribution in [0.1, 0.15) is 47.5 Å². The van der Waals surface area contributed by atoms with Gasteiger partial charge in [-0.1, -0.05) is 32.9 Å². The maximum absolute atomic E-state index is 12.7. The normalized spacial score (nSPS) is 24.4. The number of nitrogens with zero attached hydrogens (tertiary/aromatic N) is 1. The largest absolute Gasteiger partial charge is 0.350 e. The van der Waals surface area contributed by atoms with Crippen LogP contribution in [0.4, 0.5) is 4.79 Å². The molecule has 3 N–H and O–H groups in total. The van der Waals surface area contributed by atoms with Gasteiger partial charge in [0.05, 0.1) is 6.04 Å². The van der Waals surface area contributed by atoms with Crippen molar-refractivity contribution in [3.05, 3.63) is 12.2 Å². The number of carbonyl (C=O) groups is 3. The van der Waals surface area contributed by atoms with E-state index in [0.717, 1.165) is 11.4 Å². The molecule has 6 heteroatoms. The second kappa shape index (κ2) is 6.94. The molecule has 6 nitrogen and oxygen atoms in total. The first kappa shape index (κ1) is 18.2. The number of Topliss-reactive ketones (excluding diaryl/α,β-unsaturated/α-hetero) is 1. The van der Waals surface area contributed by atoms with Crippen LogP contribution in [0.25, 0.3) is 0 Å². The maximum atomic E-state index is 12.7. The molecule has 0 heterocycles. The molecule has 0 saturated carbocycles. The zero-order valence-electron chi connectivity index (χ0n) is 14.1. The lowest BCUT2D eigenvalue weighted by Crippen LogP contribution is -2.53. The topological polar surface area (TPSA) is 92.5 Å². The van der Waals surface area contributed by atoms with E-state index in [2.05, 4.69) is 31.4 Å². The van der Waals surface area contributed by atoms with Gasteiger partial charge in [-0.2, -0.15) is 0 Å². The van der Waals surface area contributed by atoms with E-state index in [1.54, 1.807) is 6.92 Å². The van der Waals surface area contributed by atoms with Crippen molar-refractivity contribution in [2.24, 2.45) is 23.0 Å². The summed E-state index contributed by atoms with van der Waals surface area (Å²) in [7, 11) is 0. The van der Waals surface area contributed by atoms with E-state index in [9.17, 15) is 14.4 Å². The number of hydrogen-bond donors (Lipinski definition) is 2. The number of amides is 3. The summed E-state index contributed by atoms with van der Waals surface area (Å²) in [6, 6.07) is -1.25. The molecule has 0 aromatic carbocycles. The third kappa shape index (κ3) is 4.32. The van der Waals surface area contributed by atoms with E-state index < -0.39 is 12.1 Å². The van der Waals surface area contributed by atoms with Crippen molar-refractivity contribution >= 4 is 17.7 Å². The second-order valence-corrected chi connectivity index (χ2v) is 6.84. The molecule has 1 aliphatic carbocycles. The highest BCUT2D eigenvalue weighted by Crippen LogP contribution is 2.41. The first-order chi connectivity index (χ1) is 10.1. The molecule has 3 atom stereocenters. The minimum atomic E-state index is -0.816. The van der Waals surface area contributed by atoms with Crippen LogP contribution in [0.3, 0.4) is 0 Å². The molecule has 22 heavy (non-hydrogen) atoms. The Balaban J connectivity index is 2.83. The number of carbonyl (C=O) groups excluding carboxylic acids is 3. The molecule has 0 aromatic heterocycles. The Kier molecular flexibility index (Phi) is 5.74. The van der Waals surface area contributed by atoms with Gasteiger partial charge < -0.3 is 5.73 Å². The van der Waals surface area contributed by atoms with Crippen LogP contribution in [0, 0.1) is 17.3 Å². The fourth-order valence-corrected chi connectivity index (χ4v) is 3.39. The first-order valence-electron chi connectivity index (χ1n) is 7.61. The lowest BCUT2D eigenvalue weighted by molar-refractivity contribution is -0.136. The Bertz CT molecular complexity index is 485. The second-order valence-electron chi connectivity index (χ2n) is 6.84. The van der Waals surface area contributed by atoms with Gasteiger partial charge in [0, 0.05) is 19.3 Å². The Hall–Kier alpha value is -1.85. The van der Waals surface area contributed by atoms with Crippen LogP contribution >= 0.6 is 0 Å². The monoisotopic (exact) mass is 309 g/mol. The van der Waals surface area contributed by atoms with Crippen molar-refractivity contribution in [3.63, 3.8) is 0 Å². The molecule has 0 saturated heterocycles. The third-order valence-corrected chi connectivity index (χ3v) is 4.31. The molecule has 0 fully saturated rings. The number of hydrazine groups is 1. The molecule has 0 radical (unpaired) electrons. The molecule has 1 aliphatic rings. The molecule has 0 bridgehead atoms. The van der Waals surface area contributed by atoms with Gasteiger partial charge in [-0.05, 0) is 24.7 Å². The van der Waals surface area contributed by atoms with Gasteiger partial charge >= 0.3 is 6.03 Å². The average molecular weight is 309 g/mol. The molecule has 3 amide bonds. The van der Waals surface area contributed by atoms with Gasteiger partial charge in [0.1, 0.15) is 5.78 Å². The fraction of sp³-hybridized carbons (Fsp3) is 0.688. The van der Waals surface area contributed by atoms with Crippen LogP contribution in [-0.2, 0) is 9.59 Å². The molecule has 0 aliphatic heterocycles. The van der Waals surface area contributed by atoms with Crippen molar-refractivity contribution in [3.8, 4) is 0 Å². The Labute approximate surface area is 132 Å². The van der Waals surface area contributed by atoms with E-state index in [4.69, 9.17) is 5.73 Å². The van der Waals surface area contributed by atoms with Crippen LogP contribution < -0.4 is 11.2 Å². The summed E-state index contributed by atoms with van der Waals surface area (Å²) in [4.78, 5) is 35.3. The Morgan fingerprint density at radius 2 is 2.00 bits per heavy atom. The Morgan fingerprint density at radius 3 is 2.45 bits per heavy atom. The highest BCUT2D eigenvalue weighted by Gasteiger charge is 2.40. The minimum absolute atomic E-state index is 0.0951. The van der Waals surface area contributed by atoms with E-state index in [1.807, 2.05) is 6.92 Å². The van der Waals surface area contributed by atoms with E-state index in [-0.39, 0.29) is 35.4 Å². The Morgan fingerprint density at radius 1 is 1.41 bits per heavy atom. The number of rotatable bonds is 4. The van der Waals surface area contributed by atoms with Gasteiger partial charge in [-0.15, -0.1) is 0 Å². The average Bonchev–Trinajstić information content (AvgIpc) is 2.33.